The highest BCUT2D eigenvalue weighted by atomic mass is 16.5. The molecule has 1 aromatic carbocycles. The van der Waals surface area contributed by atoms with Gasteiger partial charge >= 0.3 is 0 Å². The lowest BCUT2D eigenvalue weighted by Gasteiger charge is -2.10. The largest absolute Gasteiger partial charge is 0.369 e. The van der Waals surface area contributed by atoms with Gasteiger partial charge < -0.3 is 14.6 Å². The fourth-order valence-corrected chi connectivity index (χ4v) is 1.96. The Morgan fingerprint density at radius 2 is 2.00 bits per heavy atom. The fourth-order valence-electron chi connectivity index (χ4n) is 1.96. The Morgan fingerprint density at radius 3 is 2.65 bits per heavy atom. The Balaban J connectivity index is 2.03. The third kappa shape index (κ3) is 3.88. The molecule has 0 bridgehead atoms. The zero-order valence-electron chi connectivity index (χ0n) is 12.2. The lowest BCUT2D eigenvalue weighted by molar-refractivity contribution is 0.126. The fraction of sp³-hybridized carbons (Fsp3) is 0.467. The van der Waals surface area contributed by atoms with E-state index in [9.17, 15) is 0 Å². The Bertz CT molecular complexity index is 511. The van der Waals surface area contributed by atoms with Crippen LogP contribution in [0.3, 0.4) is 0 Å². The predicted molar refractivity (Wildman–Crippen MR) is 76.4 cm³/mol. The van der Waals surface area contributed by atoms with Crippen molar-refractivity contribution in [1.82, 2.24) is 15.5 Å². The minimum Gasteiger partial charge on any atom is -0.369 e. The molecule has 1 aromatic heterocycles. The van der Waals surface area contributed by atoms with Crippen molar-refractivity contribution >= 4 is 0 Å². The van der Waals surface area contributed by atoms with Crippen molar-refractivity contribution in [1.29, 1.82) is 0 Å². The summed E-state index contributed by atoms with van der Waals surface area (Å²) in [6, 6.07) is 10.3. The lowest BCUT2D eigenvalue weighted by Crippen LogP contribution is -2.25. The molecule has 0 aliphatic rings. The van der Waals surface area contributed by atoms with E-state index in [4.69, 9.17) is 9.26 Å². The van der Waals surface area contributed by atoms with Crippen LogP contribution in [0.5, 0.6) is 0 Å². The molecule has 108 valence electrons. The summed E-state index contributed by atoms with van der Waals surface area (Å²) in [6.45, 7) is 5.04. The summed E-state index contributed by atoms with van der Waals surface area (Å²) < 4.78 is 10.7. The van der Waals surface area contributed by atoms with Crippen LogP contribution >= 0.6 is 0 Å². The number of methoxy groups -OCH3 is 1. The summed E-state index contributed by atoms with van der Waals surface area (Å²) in [5, 5.41) is 7.34. The Morgan fingerprint density at radius 1 is 1.25 bits per heavy atom. The maximum absolute atomic E-state index is 5.48. The van der Waals surface area contributed by atoms with E-state index in [-0.39, 0.29) is 6.10 Å². The second-order valence-corrected chi connectivity index (χ2v) is 4.93. The van der Waals surface area contributed by atoms with Gasteiger partial charge in [0.25, 0.3) is 0 Å². The number of hydrogen-bond donors (Lipinski definition) is 1. The van der Waals surface area contributed by atoms with Crippen molar-refractivity contribution in [3.63, 3.8) is 0 Å². The van der Waals surface area contributed by atoms with Gasteiger partial charge in [-0.05, 0) is 5.56 Å². The first kappa shape index (κ1) is 14.7. The Labute approximate surface area is 119 Å². The van der Waals surface area contributed by atoms with Crippen LogP contribution in [0.1, 0.15) is 37.2 Å². The molecular weight excluding hydrogens is 254 g/mol. The molecule has 5 nitrogen and oxygen atoms in total. The molecule has 0 saturated carbocycles. The highest BCUT2D eigenvalue weighted by Crippen LogP contribution is 2.22. The van der Waals surface area contributed by atoms with Gasteiger partial charge in [0.05, 0.1) is 0 Å². The summed E-state index contributed by atoms with van der Waals surface area (Å²) in [6.07, 6.45) is 0.433. The van der Waals surface area contributed by atoms with Crippen LogP contribution in [0.4, 0.5) is 0 Å². The third-order valence-electron chi connectivity index (χ3n) is 2.95. The maximum Gasteiger partial charge on any atom is 0.228 e. The van der Waals surface area contributed by atoms with E-state index in [1.54, 1.807) is 7.11 Å². The molecule has 0 radical (unpaired) electrons. The van der Waals surface area contributed by atoms with Crippen LogP contribution in [-0.2, 0) is 11.2 Å². The van der Waals surface area contributed by atoms with E-state index >= 15 is 0 Å². The highest BCUT2D eigenvalue weighted by molar-refractivity contribution is 5.22. The van der Waals surface area contributed by atoms with E-state index < -0.39 is 0 Å². The van der Waals surface area contributed by atoms with E-state index in [0.717, 1.165) is 18.5 Å². The zero-order valence-corrected chi connectivity index (χ0v) is 12.2. The van der Waals surface area contributed by atoms with Crippen LogP contribution in [-0.4, -0.2) is 29.8 Å². The van der Waals surface area contributed by atoms with Gasteiger partial charge in [-0.3, -0.25) is 0 Å². The van der Waals surface area contributed by atoms with E-state index in [1.807, 2.05) is 30.3 Å². The van der Waals surface area contributed by atoms with Crippen LogP contribution in [0.2, 0.25) is 0 Å². The molecule has 0 saturated heterocycles. The second kappa shape index (κ2) is 7.17. The average molecular weight is 275 g/mol. The zero-order chi connectivity index (χ0) is 14.4. The Hall–Kier alpha value is -1.72. The van der Waals surface area contributed by atoms with Gasteiger partial charge in [0.1, 0.15) is 6.10 Å². The molecule has 2 rings (SSSR count). The van der Waals surface area contributed by atoms with Gasteiger partial charge in [0.2, 0.25) is 11.7 Å². The molecule has 0 aliphatic heterocycles. The van der Waals surface area contributed by atoms with Crippen molar-refractivity contribution in [3.05, 3.63) is 47.6 Å². The van der Waals surface area contributed by atoms with E-state index in [0.29, 0.717) is 17.8 Å². The molecule has 0 spiro atoms. The van der Waals surface area contributed by atoms with Crippen molar-refractivity contribution in [2.45, 2.75) is 32.4 Å². The standard InChI is InChI=1S/C15H21N3O2/c1-11(2)16-10-9-13-17-15(18-20-13)14(19-3)12-7-5-4-6-8-12/h4-8,11,14,16H,9-10H2,1-3H3. The van der Waals surface area contributed by atoms with E-state index in [2.05, 4.69) is 29.3 Å². The smallest absolute Gasteiger partial charge is 0.228 e. The first-order valence-corrected chi connectivity index (χ1v) is 6.84. The van der Waals surface area contributed by atoms with Gasteiger partial charge in [-0.1, -0.05) is 49.3 Å². The van der Waals surface area contributed by atoms with Crippen molar-refractivity contribution < 1.29 is 9.26 Å². The molecule has 20 heavy (non-hydrogen) atoms. The molecule has 1 N–H and O–H groups in total. The number of rotatable bonds is 7. The minimum absolute atomic E-state index is 0.285. The summed E-state index contributed by atoms with van der Waals surface area (Å²) in [4.78, 5) is 4.41. The van der Waals surface area contributed by atoms with E-state index in [1.165, 1.54) is 0 Å². The first-order valence-electron chi connectivity index (χ1n) is 6.84. The van der Waals surface area contributed by atoms with Gasteiger partial charge in [-0.15, -0.1) is 0 Å². The number of aromatic nitrogens is 2. The summed E-state index contributed by atoms with van der Waals surface area (Å²) in [7, 11) is 1.65. The van der Waals surface area contributed by atoms with Crippen LogP contribution in [0.25, 0.3) is 0 Å². The SMILES string of the molecule is COC(c1ccccc1)c1noc(CCNC(C)C)n1. The summed E-state index contributed by atoms with van der Waals surface area (Å²) in [5.74, 6) is 1.20. The molecule has 1 unspecified atom stereocenters. The molecule has 1 atom stereocenters. The number of hydrogen-bond acceptors (Lipinski definition) is 5. The number of ether oxygens (including phenoxy) is 1. The van der Waals surface area contributed by atoms with Gasteiger partial charge in [-0.2, -0.15) is 4.98 Å². The van der Waals surface area contributed by atoms with Crippen molar-refractivity contribution in [2.24, 2.45) is 0 Å². The average Bonchev–Trinajstić information content (AvgIpc) is 2.89. The minimum atomic E-state index is -0.285. The molecule has 0 fully saturated rings. The van der Waals surface area contributed by atoms with Gasteiger partial charge in [-0.25, -0.2) is 0 Å². The summed E-state index contributed by atoms with van der Waals surface area (Å²) in [5.41, 5.74) is 1.02. The van der Waals surface area contributed by atoms with Crippen LogP contribution in [0.15, 0.2) is 34.9 Å². The van der Waals surface area contributed by atoms with Gasteiger partial charge in [0.15, 0.2) is 0 Å². The molecule has 0 aliphatic carbocycles. The normalized spacial score (nSPS) is 12.8. The first-order chi connectivity index (χ1) is 9.70. The molecule has 5 heteroatoms. The quantitative estimate of drug-likeness (QED) is 0.840. The highest BCUT2D eigenvalue weighted by Gasteiger charge is 2.19. The Kier molecular flexibility index (Phi) is 5.26. The maximum atomic E-state index is 5.48. The molecule has 0 amide bonds. The number of nitrogens with one attached hydrogen (secondary N) is 1. The third-order valence-corrected chi connectivity index (χ3v) is 2.95. The molecule has 2 aromatic rings. The lowest BCUT2D eigenvalue weighted by atomic mass is 10.1. The molecular formula is C15H21N3O2. The predicted octanol–water partition coefficient (Wildman–Crippen LogP) is 2.35. The van der Waals surface area contributed by atoms with Crippen molar-refractivity contribution in [2.75, 3.05) is 13.7 Å². The molecule has 1 heterocycles. The second-order valence-electron chi connectivity index (χ2n) is 4.93. The van der Waals surface area contributed by atoms with Gasteiger partial charge in [0, 0.05) is 26.1 Å². The van der Waals surface area contributed by atoms with Crippen LogP contribution in [0, 0.1) is 0 Å². The summed E-state index contributed by atoms with van der Waals surface area (Å²) >= 11 is 0. The van der Waals surface area contributed by atoms with Crippen molar-refractivity contribution in [3.8, 4) is 0 Å². The monoisotopic (exact) mass is 275 g/mol. The van der Waals surface area contributed by atoms with Crippen LogP contribution < -0.4 is 5.32 Å². The number of nitrogens with zero attached hydrogens (tertiary/aromatic N) is 2. The number of benzene rings is 1. The topological polar surface area (TPSA) is 60.2 Å².